The van der Waals surface area contributed by atoms with Gasteiger partial charge in [-0.05, 0) is 37.3 Å². The molecule has 0 aliphatic heterocycles. The summed E-state index contributed by atoms with van der Waals surface area (Å²) in [5, 5.41) is 14.7. The van der Waals surface area contributed by atoms with Gasteiger partial charge in [-0.3, -0.25) is 4.98 Å². The molecule has 0 bridgehead atoms. The van der Waals surface area contributed by atoms with Gasteiger partial charge in [0.2, 0.25) is 0 Å². The summed E-state index contributed by atoms with van der Waals surface area (Å²) in [6, 6.07) is 20.5. The minimum atomic E-state index is -0.471. The standard InChI is InChI=1S/C22H16N4O2/c1-15-19(13-23)21(26(25-15)16-7-3-2-4-8-16)14-28-22(27)18-9-5-11-20-17(18)10-6-12-24-20/h2-12H,14H2,1H3. The van der Waals surface area contributed by atoms with Crippen LogP contribution in [0.1, 0.15) is 27.3 Å². The molecular formula is C22H16N4O2. The topological polar surface area (TPSA) is 80.8 Å². The lowest BCUT2D eigenvalue weighted by molar-refractivity contribution is 0.0467. The molecule has 4 aromatic rings. The predicted octanol–water partition coefficient (Wildman–Crippen LogP) is 3.96. The third kappa shape index (κ3) is 3.10. The normalized spacial score (nSPS) is 10.6. The smallest absolute Gasteiger partial charge is 0.339 e. The summed E-state index contributed by atoms with van der Waals surface area (Å²) in [6.07, 6.45) is 1.68. The molecule has 0 spiro atoms. The number of esters is 1. The number of rotatable bonds is 4. The fraction of sp³-hybridized carbons (Fsp3) is 0.0909. The van der Waals surface area contributed by atoms with Gasteiger partial charge in [-0.1, -0.05) is 30.3 Å². The zero-order valence-corrected chi connectivity index (χ0v) is 15.2. The summed E-state index contributed by atoms with van der Waals surface area (Å²) in [5.41, 5.74) is 3.50. The van der Waals surface area contributed by atoms with Gasteiger partial charge in [0.1, 0.15) is 18.2 Å². The van der Waals surface area contributed by atoms with E-state index >= 15 is 0 Å². The maximum atomic E-state index is 12.7. The van der Waals surface area contributed by atoms with Crippen LogP contribution in [0.15, 0.2) is 66.9 Å². The van der Waals surface area contributed by atoms with Gasteiger partial charge in [0.15, 0.2) is 0 Å². The van der Waals surface area contributed by atoms with Gasteiger partial charge in [-0.15, -0.1) is 0 Å². The largest absolute Gasteiger partial charge is 0.456 e. The molecule has 0 atom stereocenters. The number of carbonyl (C=O) groups excluding carboxylic acids is 1. The molecule has 6 heteroatoms. The number of carbonyl (C=O) groups is 1. The molecule has 0 fully saturated rings. The highest BCUT2D eigenvalue weighted by Crippen LogP contribution is 2.21. The van der Waals surface area contributed by atoms with E-state index in [-0.39, 0.29) is 6.61 Å². The Morgan fingerprint density at radius 3 is 2.71 bits per heavy atom. The van der Waals surface area contributed by atoms with E-state index in [1.54, 1.807) is 36.0 Å². The van der Waals surface area contributed by atoms with Crippen LogP contribution < -0.4 is 0 Å². The van der Waals surface area contributed by atoms with E-state index in [0.717, 1.165) is 16.6 Å². The number of pyridine rings is 1. The lowest BCUT2D eigenvalue weighted by atomic mass is 10.1. The maximum Gasteiger partial charge on any atom is 0.339 e. The van der Waals surface area contributed by atoms with Crippen LogP contribution in [-0.4, -0.2) is 20.7 Å². The van der Waals surface area contributed by atoms with Crippen molar-refractivity contribution in [1.82, 2.24) is 14.8 Å². The molecule has 6 nitrogen and oxygen atoms in total. The van der Waals surface area contributed by atoms with Gasteiger partial charge in [0, 0.05) is 11.6 Å². The van der Waals surface area contributed by atoms with Crippen molar-refractivity contribution >= 4 is 16.9 Å². The first-order valence-electron chi connectivity index (χ1n) is 8.74. The number of para-hydroxylation sites is 1. The van der Waals surface area contributed by atoms with Gasteiger partial charge in [-0.25, -0.2) is 9.48 Å². The zero-order valence-electron chi connectivity index (χ0n) is 15.2. The Balaban J connectivity index is 1.67. The lowest BCUT2D eigenvalue weighted by Gasteiger charge is -2.10. The molecule has 0 saturated heterocycles. The summed E-state index contributed by atoms with van der Waals surface area (Å²) < 4.78 is 7.21. The number of nitriles is 1. The van der Waals surface area contributed by atoms with Crippen LogP contribution in [0.25, 0.3) is 16.6 Å². The lowest BCUT2D eigenvalue weighted by Crippen LogP contribution is -2.10. The van der Waals surface area contributed by atoms with Crippen LogP contribution in [-0.2, 0) is 11.3 Å². The van der Waals surface area contributed by atoms with Crippen LogP contribution >= 0.6 is 0 Å². The number of hydrogen-bond acceptors (Lipinski definition) is 5. The van der Waals surface area contributed by atoms with Crippen molar-refractivity contribution in [3.05, 3.63) is 89.4 Å². The van der Waals surface area contributed by atoms with E-state index in [2.05, 4.69) is 16.2 Å². The zero-order chi connectivity index (χ0) is 19.5. The van der Waals surface area contributed by atoms with Gasteiger partial charge in [-0.2, -0.15) is 10.4 Å². The highest BCUT2D eigenvalue weighted by Gasteiger charge is 2.19. The van der Waals surface area contributed by atoms with Crippen molar-refractivity contribution < 1.29 is 9.53 Å². The van der Waals surface area contributed by atoms with Gasteiger partial charge in [0.05, 0.1) is 28.2 Å². The number of benzene rings is 2. The van der Waals surface area contributed by atoms with Crippen LogP contribution in [0, 0.1) is 18.3 Å². The third-order valence-corrected chi connectivity index (χ3v) is 4.47. The van der Waals surface area contributed by atoms with Crippen LogP contribution in [0.5, 0.6) is 0 Å². The van der Waals surface area contributed by atoms with Crippen molar-refractivity contribution in [2.24, 2.45) is 0 Å². The van der Waals surface area contributed by atoms with E-state index in [1.165, 1.54) is 0 Å². The summed E-state index contributed by atoms with van der Waals surface area (Å²) in [5.74, 6) is -0.471. The molecule has 0 N–H and O–H groups in total. The Hall–Kier alpha value is -3.98. The van der Waals surface area contributed by atoms with Crippen LogP contribution in [0.4, 0.5) is 0 Å². The summed E-state index contributed by atoms with van der Waals surface area (Å²) >= 11 is 0. The summed E-state index contributed by atoms with van der Waals surface area (Å²) in [6.45, 7) is 1.70. The second-order valence-electron chi connectivity index (χ2n) is 6.22. The Labute approximate surface area is 161 Å². The van der Waals surface area contributed by atoms with E-state index in [0.29, 0.717) is 22.5 Å². The Morgan fingerprint density at radius 2 is 1.93 bits per heavy atom. The predicted molar refractivity (Wildman–Crippen MR) is 104 cm³/mol. The molecule has 136 valence electrons. The fourth-order valence-electron chi connectivity index (χ4n) is 3.13. The average molecular weight is 368 g/mol. The number of hydrogen-bond donors (Lipinski definition) is 0. The molecule has 0 unspecified atom stereocenters. The first-order chi connectivity index (χ1) is 13.7. The quantitative estimate of drug-likeness (QED) is 0.509. The monoisotopic (exact) mass is 368 g/mol. The Morgan fingerprint density at radius 1 is 1.11 bits per heavy atom. The number of nitrogens with zero attached hydrogens (tertiary/aromatic N) is 4. The first kappa shape index (κ1) is 17.4. The van der Waals surface area contributed by atoms with E-state index in [4.69, 9.17) is 4.74 Å². The molecule has 2 aromatic carbocycles. The third-order valence-electron chi connectivity index (χ3n) is 4.47. The van der Waals surface area contributed by atoms with Crippen LogP contribution in [0.3, 0.4) is 0 Å². The highest BCUT2D eigenvalue weighted by molar-refractivity contribution is 6.03. The van der Waals surface area contributed by atoms with Crippen LogP contribution in [0.2, 0.25) is 0 Å². The van der Waals surface area contributed by atoms with Gasteiger partial charge >= 0.3 is 5.97 Å². The summed E-state index contributed by atoms with van der Waals surface area (Å²) in [7, 11) is 0. The number of fused-ring (bicyclic) bond motifs is 1. The van der Waals surface area contributed by atoms with Crippen molar-refractivity contribution in [3.8, 4) is 11.8 Å². The van der Waals surface area contributed by atoms with E-state index in [1.807, 2.05) is 42.5 Å². The SMILES string of the molecule is Cc1nn(-c2ccccc2)c(COC(=O)c2cccc3ncccc23)c1C#N. The minimum absolute atomic E-state index is 0.0614. The second-order valence-corrected chi connectivity index (χ2v) is 6.22. The number of aryl methyl sites for hydroxylation is 1. The molecule has 0 aliphatic rings. The molecule has 0 aliphatic carbocycles. The molecule has 0 radical (unpaired) electrons. The van der Waals surface area contributed by atoms with E-state index in [9.17, 15) is 10.1 Å². The highest BCUT2D eigenvalue weighted by atomic mass is 16.5. The molecular weight excluding hydrogens is 352 g/mol. The molecule has 0 saturated carbocycles. The molecule has 2 aromatic heterocycles. The number of ether oxygens (including phenoxy) is 1. The molecule has 4 rings (SSSR count). The van der Waals surface area contributed by atoms with E-state index < -0.39 is 5.97 Å². The molecule has 28 heavy (non-hydrogen) atoms. The van der Waals surface area contributed by atoms with Gasteiger partial charge < -0.3 is 4.74 Å². The van der Waals surface area contributed by atoms with Crippen molar-refractivity contribution in [1.29, 1.82) is 5.26 Å². The van der Waals surface area contributed by atoms with Crippen molar-refractivity contribution in [2.45, 2.75) is 13.5 Å². The van der Waals surface area contributed by atoms with Crippen molar-refractivity contribution in [3.63, 3.8) is 0 Å². The number of aromatic nitrogens is 3. The molecule has 0 amide bonds. The second kappa shape index (κ2) is 7.33. The minimum Gasteiger partial charge on any atom is -0.456 e. The Kier molecular flexibility index (Phi) is 4.56. The first-order valence-corrected chi connectivity index (χ1v) is 8.74. The molecule has 2 heterocycles. The summed E-state index contributed by atoms with van der Waals surface area (Å²) in [4.78, 5) is 17.0. The maximum absolute atomic E-state index is 12.7. The fourth-order valence-corrected chi connectivity index (χ4v) is 3.13. The average Bonchev–Trinajstić information content (AvgIpc) is 3.07. The Bertz CT molecular complexity index is 1200. The van der Waals surface area contributed by atoms with Crippen molar-refractivity contribution in [2.75, 3.05) is 0 Å². The van der Waals surface area contributed by atoms with Gasteiger partial charge in [0.25, 0.3) is 0 Å².